The summed E-state index contributed by atoms with van der Waals surface area (Å²) in [6, 6.07) is 4.59. The topological polar surface area (TPSA) is 89.2 Å². The van der Waals surface area contributed by atoms with Gasteiger partial charge in [-0.05, 0) is 18.9 Å². The molecule has 1 aliphatic heterocycles. The maximum Gasteiger partial charge on any atom is 0.270 e. The highest BCUT2D eigenvalue weighted by Crippen LogP contribution is 2.29. The number of aldehydes is 1. The van der Waals surface area contributed by atoms with E-state index in [-0.39, 0.29) is 11.6 Å². The molecule has 7 heteroatoms. The van der Waals surface area contributed by atoms with Gasteiger partial charge < -0.3 is 9.69 Å². The van der Waals surface area contributed by atoms with Gasteiger partial charge in [0.15, 0.2) is 0 Å². The first kappa shape index (κ1) is 13.4. The largest absolute Gasteiger partial charge is 0.356 e. The number of non-ortho nitro benzene ring substituents is 1. The highest BCUT2D eigenvalue weighted by atomic mass is 16.6. The molecule has 0 amide bonds. The molecule has 2 heterocycles. The van der Waals surface area contributed by atoms with Crippen molar-refractivity contribution in [2.75, 3.05) is 18.0 Å². The Bertz CT molecular complexity index is 696. The number of hydrogen-bond donors (Lipinski definition) is 0. The zero-order valence-corrected chi connectivity index (χ0v) is 11.3. The zero-order valence-electron chi connectivity index (χ0n) is 11.3. The van der Waals surface area contributed by atoms with Crippen LogP contribution in [0.25, 0.3) is 10.9 Å². The van der Waals surface area contributed by atoms with Crippen LogP contribution in [0.15, 0.2) is 24.5 Å². The average molecular weight is 286 g/mol. The van der Waals surface area contributed by atoms with Crippen LogP contribution in [0.4, 0.5) is 11.5 Å². The third kappa shape index (κ3) is 2.54. The van der Waals surface area contributed by atoms with Crippen LogP contribution in [-0.2, 0) is 4.79 Å². The van der Waals surface area contributed by atoms with Crippen molar-refractivity contribution in [3.05, 3.63) is 34.6 Å². The number of anilines is 1. The Labute approximate surface area is 120 Å². The average Bonchev–Trinajstić information content (AvgIpc) is 2.54. The fourth-order valence-corrected chi connectivity index (χ4v) is 2.64. The molecule has 3 rings (SSSR count). The lowest BCUT2D eigenvalue weighted by molar-refractivity contribution is -0.384. The Morgan fingerprint density at radius 2 is 2.05 bits per heavy atom. The van der Waals surface area contributed by atoms with Gasteiger partial charge in [-0.2, -0.15) is 0 Å². The van der Waals surface area contributed by atoms with E-state index < -0.39 is 4.92 Å². The highest BCUT2D eigenvalue weighted by Gasteiger charge is 2.22. The number of nitro groups is 1. The first-order chi connectivity index (χ1) is 10.2. The van der Waals surface area contributed by atoms with Crippen LogP contribution in [0.1, 0.15) is 12.8 Å². The van der Waals surface area contributed by atoms with E-state index in [2.05, 4.69) is 14.9 Å². The molecule has 1 fully saturated rings. The van der Waals surface area contributed by atoms with Gasteiger partial charge in [0, 0.05) is 36.5 Å². The first-order valence-electron chi connectivity index (χ1n) is 6.78. The normalized spacial score (nSPS) is 16.1. The van der Waals surface area contributed by atoms with E-state index in [1.807, 2.05) is 0 Å². The van der Waals surface area contributed by atoms with Crippen molar-refractivity contribution in [2.24, 2.45) is 5.92 Å². The van der Waals surface area contributed by atoms with Crippen LogP contribution in [0.2, 0.25) is 0 Å². The number of carbonyl (C=O) groups excluding carboxylic acids is 1. The standard InChI is InChI=1S/C14H14N4O3/c19-8-10-3-5-17(6-4-10)14-12-7-11(18(20)21)1-2-13(12)15-9-16-14/h1-2,7-10H,3-6H2. The van der Waals surface area contributed by atoms with E-state index in [4.69, 9.17) is 0 Å². The lowest BCUT2D eigenvalue weighted by Gasteiger charge is -2.31. The summed E-state index contributed by atoms with van der Waals surface area (Å²) in [5.41, 5.74) is 0.712. The molecule has 1 aliphatic rings. The molecule has 1 aromatic heterocycles. The summed E-state index contributed by atoms with van der Waals surface area (Å²) in [5, 5.41) is 11.6. The maximum absolute atomic E-state index is 10.9. The monoisotopic (exact) mass is 286 g/mol. The summed E-state index contributed by atoms with van der Waals surface area (Å²) in [4.78, 5) is 31.8. The van der Waals surface area contributed by atoms with Crippen LogP contribution in [-0.4, -0.2) is 34.3 Å². The van der Waals surface area contributed by atoms with E-state index >= 15 is 0 Å². The molecule has 0 spiro atoms. The zero-order chi connectivity index (χ0) is 14.8. The van der Waals surface area contributed by atoms with Crippen molar-refractivity contribution >= 4 is 28.7 Å². The van der Waals surface area contributed by atoms with Crippen molar-refractivity contribution in [2.45, 2.75) is 12.8 Å². The Balaban J connectivity index is 2.00. The van der Waals surface area contributed by atoms with E-state index in [0.29, 0.717) is 16.7 Å². The van der Waals surface area contributed by atoms with Crippen molar-refractivity contribution in [1.29, 1.82) is 0 Å². The number of nitrogens with zero attached hydrogens (tertiary/aromatic N) is 4. The van der Waals surface area contributed by atoms with Gasteiger partial charge in [0.25, 0.3) is 5.69 Å². The lowest BCUT2D eigenvalue weighted by atomic mass is 9.98. The van der Waals surface area contributed by atoms with Crippen LogP contribution < -0.4 is 4.90 Å². The Kier molecular flexibility index (Phi) is 3.47. The van der Waals surface area contributed by atoms with Crippen LogP contribution in [0, 0.1) is 16.0 Å². The van der Waals surface area contributed by atoms with Crippen LogP contribution >= 0.6 is 0 Å². The molecular formula is C14H14N4O3. The van der Waals surface area contributed by atoms with E-state index in [9.17, 15) is 14.9 Å². The quantitative estimate of drug-likeness (QED) is 0.486. The molecule has 21 heavy (non-hydrogen) atoms. The third-order valence-corrected chi connectivity index (χ3v) is 3.84. The number of aromatic nitrogens is 2. The minimum absolute atomic E-state index is 0.0290. The molecule has 1 aromatic carbocycles. The molecular weight excluding hydrogens is 272 g/mol. The second-order valence-electron chi connectivity index (χ2n) is 5.12. The van der Waals surface area contributed by atoms with Crippen LogP contribution in [0.5, 0.6) is 0 Å². The number of carbonyl (C=O) groups is 1. The molecule has 0 atom stereocenters. The summed E-state index contributed by atoms with van der Waals surface area (Å²) >= 11 is 0. The van der Waals surface area contributed by atoms with Gasteiger partial charge in [0.05, 0.1) is 10.4 Å². The summed E-state index contributed by atoms with van der Waals surface area (Å²) in [6.45, 7) is 1.44. The van der Waals surface area contributed by atoms with Crippen molar-refractivity contribution in [1.82, 2.24) is 9.97 Å². The Hall–Kier alpha value is -2.57. The third-order valence-electron chi connectivity index (χ3n) is 3.84. The molecule has 108 valence electrons. The van der Waals surface area contributed by atoms with E-state index in [0.717, 1.165) is 32.2 Å². The van der Waals surface area contributed by atoms with Gasteiger partial charge in [0.2, 0.25) is 0 Å². The van der Waals surface area contributed by atoms with Gasteiger partial charge in [-0.1, -0.05) is 0 Å². The molecule has 7 nitrogen and oxygen atoms in total. The van der Waals surface area contributed by atoms with Gasteiger partial charge in [-0.3, -0.25) is 10.1 Å². The van der Waals surface area contributed by atoms with Crippen molar-refractivity contribution in [3.63, 3.8) is 0 Å². The van der Waals surface area contributed by atoms with Crippen LogP contribution in [0.3, 0.4) is 0 Å². The fraction of sp³-hybridized carbons (Fsp3) is 0.357. The fourth-order valence-electron chi connectivity index (χ4n) is 2.64. The number of piperidine rings is 1. The molecule has 1 saturated heterocycles. The lowest BCUT2D eigenvalue weighted by Crippen LogP contribution is -2.34. The number of benzene rings is 1. The SMILES string of the molecule is O=CC1CCN(c2ncnc3ccc([N+](=O)[O-])cc23)CC1. The maximum atomic E-state index is 10.9. The van der Waals surface area contributed by atoms with E-state index in [1.165, 1.54) is 18.5 Å². The molecule has 2 aromatic rings. The Morgan fingerprint density at radius 1 is 1.29 bits per heavy atom. The molecule has 0 unspecified atom stereocenters. The Morgan fingerprint density at radius 3 is 2.71 bits per heavy atom. The minimum Gasteiger partial charge on any atom is -0.356 e. The smallest absolute Gasteiger partial charge is 0.270 e. The van der Waals surface area contributed by atoms with Crippen molar-refractivity contribution in [3.8, 4) is 0 Å². The highest BCUT2D eigenvalue weighted by molar-refractivity contribution is 5.91. The predicted molar refractivity (Wildman–Crippen MR) is 77.2 cm³/mol. The summed E-state index contributed by atoms with van der Waals surface area (Å²) in [6.07, 6.45) is 4.03. The van der Waals surface area contributed by atoms with Gasteiger partial charge in [-0.15, -0.1) is 0 Å². The minimum atomic E-state index is -0.422. The number of hydrogen-bond acceptors (Lipinski definition) is 6. The molecule has 0 radical (unpaired) electrons. The van der Waals surface area contributed by atoms with Gasteiger partial charge >= 0.3 is 0 Å². The molecule has 0 N–H and O–H groups in total. The number of nitro benzene ring substituents is 1. The van der Waals surface area contributed by atoms with Gasteiger partial charge in [-0.25, -0.2) is 9.97 Å². The predicted octanol–water partition coefficient (Wildman–Crippen LogP) is 1.95. The van der Waals surface area contributed by atoms with Crippen molar-refractivity contribution < 1.29 is 9.72 Å². The first-order valence-corrected chi connectivity index (χ1v) is 6.78. The molecule has 0 aliphatic carbocycles. The summed E-state index contributed by atoms with van der Waals surface area (Å²) in [7, 11) is 0. The summed E-state index contributed by atoms with van der Waals surface area (Å²) < 4.78 is 0. The van der Waals surface area contributed by atoms with E-state index in [1.54, 1.807) is 6.07 Å². The number of rotatable bonds is 3. The second-order valence-corrected chi connectivity index (χ2v) is 5.12. The summed E-state index contributed by atoms with van der Waals surface area (Å²) in [5.74, 6) is 0.803. The molecule has 0 saturated carbocycles. The second kappa shape index (κ2) is 5.43. The van der Waals surface area contributed by atoms with Gasteiger partial charge in [0.1, 0.15) is 18.4 Å². The number of fused-ring (bicyclic) bond motifs is 1. The molecule has 0 bridgehead atoms.